The van der Waals surface area contributed by atoms with Gasteiger partial charge in [-0.1, -0.05) is 41.7 Å². The minimum absolute atomic E-state index is 0.318. The fourth-order valence-electron chi connectivity index (χ4n) is 1.96. The number of nitrogens with one attached hydrogen (secondary N) is 1. The van der Waals surface area contributed by atoms with Crippen molar-refractivity contribution in [2.45, 2.75) is 19.4 Å². The molecule has 0 amide bonds. The molecular formula is C14H13Cl3FNS. The summed E-state index contributed by atoms with van der Waals surface area (Å²) in [6.45, 7) is 2.78. The van der Waals surface area contributed by atoms with E-state index in [2.05, 4.69) is 5.32 Å². The fraction of sp³-hybridized carbons (Fsp3) is 0.286. The molecule has 6 heteroatoms. The van der Waals surface area contributed by atoms with Gasteiger partial charge in [0.2, 0.25) is 0 Å². The van der Waals surface area contributed by atoms with Gasteiger partial charge in [-0.2, -0.15) is 0 Å². The Labute approximate surface area is 136 Å². The number of rotatable bonds is 5. The van der Waals surface area contributed by atoms with Crippen LogP contribution in [0, 0.1) is 5.82 Å². The Balaban J connectivity index is 2.46. The second kappa shape index (κ2) is 7.10. The van der Waals surface area contributed by atoms with Crippen molar-refractivity contribution in [2.75, 3.05) is 6.54 Å². The van der Waals surface area contributed by atoms with E-state index >= 15 is 0 Å². The lowest BCUT2D eigenvalue weighted by Crippen LogP contribution is -2.24. The van der Waals surface area contributed by atoms with Crippen LogP contribution in [0.25, 0.3) is 0 Å². The lowest BCUT2D eigenvalue weighted by molar-refractivity contribution is 0.547. The van der Waals surface area contributed by atoms with Crippen LogP contribution in [0.3, 0.4) is 0 Å². The minimum Gasteiger partial charge on any atom is -0.306 e. The molecule has 0 saturated heterocycles. The summed E-state index contributed by atoms with van der Waals surface area (Å²) in [5, 5.41) is 3.78. The normalized spacial score (nSPS) is 12.7. The average molecular weight is 353 g/mol. The van der Waals surface area contributed by atoms with E-state index in [0.29, 0.717) is 19.3 Å². The Hall–Kier alpha value is -0.320. The van der Waals surface area contributed by atoms with E-state index in [1.54, 1.807) is 12.1 Å². The smallest absolute Gasteiger partial charge is 0.128 e. The molecule has 0 aliphatic heterocycles. The van der Waals surface area contributed by atoms with Crippen molar-refractivity contribution in [3.63, 3.8) is 0 Å². The molecular weight excluding hydrogens is 340 g/mol. The van der Waals surface area contributed by atoms with Crippen LogP contribution >= 0.6 is 46.1 Å². The first-order valence-corrected chi connectivity index (χ1v) is 8.11. The fourth-order valence-corrected chi connectivity index (χ4v) is 3.67. The molecule has 0 aliphatic carbocycles. The largest absolute Gasteiger partial charge is 0.306 e. The molecule has 0 aliphatic rings. The monoisotopic (exact) mass is 351 g/mol. The molecule has 1 atom stereocenters. The maximum absolute atomic E-state index is 14.1. The van der Waals surface area contributed by atoms with Gasteiger partial charge < -0.3 is 5.32 Å². The van der Waals surface area contributed by atoms with Crippen LogP contribution in [0.15, 0.2) is 24.3 Å². The quantitative estimate of drug-likeness (QED) is 0.702. The van der Waals surface area contributed by atoms with E-state index in [0.717, 1.165) is 18.5 Å². The summed E-state index contributed by atoms with van der Waals surface area (Å²) < 4.78 is 15.2. The molecule has 20 heavy (non-hydrogen) atoms. The number of halogens is 4. The van der Waals surface area contributed by atoms with Gasteiger partial charge in [-0.25, -0.2) is 4.39 Å². The number of thiophene rings is 1. The zero-order valence-electron chi connectivity index (χ0n) is 10.7. The Morgan fingerprint density at radius 3 is 2.55 bits per heavy atom. The van der Waals surface area contributed by atoms with Gasteiger partial charge in [0.25, 0.3) is 0 Å². The van der Waals surface area contributed by atoms with E-state index in [4.69, 9.17) is 34.8 Å². The first-order valence-electron chi connectivity index (χ1n) is 6.16. The number of hydrogen-bond donors (Lipinski definition) is 1. The van der Waals surface area contributed by atoms with Gasteiger partial charge in [0.15, 0.2) is 0 Å². The standard InChI is InChI=1S/C14H13Cl3FNS/c1-2-5-19-13(10-7-12(16)20-14(10)17)9-6-8(15)3-4-11(9)18/h3-4,6-7,13,19H,2,5H2,1H3. The molecule has 0 saturated carbocycles. The Morgan fingerprint density at radius 2 is 1.95 bits per heavy atom. The second-order valence-corrected chi connectivity index (χ2v) is 7.05. The molecule has 0 radical (unpaired) electrons. The molecule has 1 unspecified atom stereocenters. The molecule has 2 aromatic rings. The SMILES string of the molecule is CCCNC(c1cc(Cl)ccc1F)c1cc(Cl)sc1Cl. The molecule has 108 valence electrons. The highest BCUT2D eigenvalue weighted by Gasteiger charge is 2.22. The first-order chi connectivity index (χ1) is 9.52. The highest BCUT2D eigenvalue weighted by atomic mass is 35.5. The van der Waals surface area contributed by atoms with Gasteiger partial charge in [-0.3, -0.25) is 0 Å². The van der Waals surface area contributed by atoms with Crippen LogP contribution in [0.1, 0.15) is 30.5 Å². The first kappa shape index (κ1) is 16.1. The van der Waals surface area contributed by atoms with Crippen LogP contribution in [0.4, 0.5) is 4.39 Å². The van der Waals surface area contributed by atoms with Crippen molar-refractivity contribution in [3.8, 4) is 0 Å². The third-order valence-electron chi connectivity index (χ3n) is 2.86. The second-order valence-electron chi connectivity index (χ2n) is 4.33. The van der Waals surface area contributed by atoms with Gasteiger partial charge in [-0.05, 0) is 37.2 Å². The molecule has 0 bridgehead atoms. The maximum atomic E-state index is 14.1. The molecule has 1 nitrogen and oxygen atoms in total. The van der Waals surface area contributed by atoms with Crippen LogP contribution in [-0.2, 0) is 0 Å². The van der Waals surface area contributed by atoms with E-state index in [1.165, 1.54) is 23.5 Å². The number of hydrogen-bond acceptors (Lipinski definition) is 2. The third kappa shape index (κ3) is 3.66. The summed E-state index contributed by atoms with van der Waals surface area (Å²) in [5.41, 5.74) is 1.25. The minimum atomic E-state index is -0.357. The zero-order chi connectivity index (χ0) is 14.7. The summed E-state index contributed by atoms with van der Waals surface area (Å²) in [6.07, 6.45) is 0.925. The van der Waals surface area contributed by atoms with E-state index < -0.39 is 0 Å². The van der Waals surface area contributed by atoms with Crippen molar-refractivity contribution in [1.29, 1.82) is 0 Å². The van der Waals surface area contributed by atoms with E-state index in [-0.39, 0.29) is 11.9 Å². The molecule has 1 aromatic heterocycles. The number of benzene rings is 1. The third-order valence-corrected chi connectivity index (χ3v) is 4.61. The van der Waals surface area contributed by atoms with Gasteiger partial charge in [0.1, 0.15) is 5.82 Å². The molecule has 0 fully saturated rings. The summed E-state index contributed by atoms with van der Waals surface area (Å²) in [4.78, 5) is 0. The summed E-state index contributed by atoms with van der Waals surface area (Å²) >= 11 is 19.4. The van der Waals surface area contributed by atoms with E-state index in [9.17, 15) is 4.39 Å². The molecule has 1 N–H and O–H groups in total. The van der Waals surface area contributed by atoms with Crippen LogP contribution in [-0.4, -0.2) is 6.54 Å². The lowest BCUT2D eigenvalue weighted by Gasteiger charge is -2.19. The van der Waals surface area contributed by atoms with Gasteiger partial charge in [-0.15, -0.1) is 11.3 Å². The van der Waals surface area contributed by atoms with Crippen LogP contribution in [0.5, 0.6) is 0 Å². The van der Waals surface area contributed by atoms with E-state index in [1.807, 2.05) is 6.92 Å². The topological polar surface area (TPSA) is 12.0 Å². The highest BCUT2D eigenvalue weighted by molar-refractivity contribution is 7.20. The zero-order valence-corrected chi connectivity index (χ0v) is 13.8. The van der Waals surface area contributed by atoms with Crippen LogP contribution < -0.4 is 5.32 Å². The van der Waals surface area contributed by atoms with Crippen molar-refractivity contribution in [1.82, 2.24) is 5.32 Å². The molecule has 1 heterocycles. The Morgan fingerprint density at radius 1 is 1.20 bits per heavy atom. The summed E-state index contributed by atoms with van der Waals surface area (Å²) in [7, 11) is 0. The molecule has 2 rings (SSSR count). The van der Waals surface area contributed by atoms with Gasteiger partial charge >= 0.3 is 0 Å². The van der Waals surface area contributed by atoms with Crippen molar-refractivity contribution in [2.24, 2.45) is 0 Å². The van der Waals surface area contributed by atoms with Crippen LogP contribution in [0.2, 0.25) is 13.7 Å². The van der Waals surface area contributed by atoms with Crippen molar-refractivity contribution < 1.29 is 4.39 Å². The van der Waals surface area contributed by atoms with Crippen molar-refractivity contribution >= 4 is 46.1 Å². The molecule has 1 aromatic carbocycles. The molecule has 0 spiro atoms. The lowest BCUT2D eigenvalue weighted by atomic mass is 10.0. The Bertz CT molecular complexity index is 600. The predicted molar refractivity (Wildman–Crippen MR) is 85.9 cm³/mol. The maximum Gasteiger partial charge on any atom is 0.128 e. The predicted octanol–water partition coefficient (Wildman–Crippen LogP) is 5.94. The summed E-state index contributed by atoms with van der Waals surface area (Å²) in [6, 6.07) is 5.92. The van der Waals surface area contributed by atoms with Gasteiger partial charge in [0, 0.05) is 16.1 Å². The summed E-state index contributed by atoms with van der Waals surface area (Å²) in [5.74, 6) is -0.318. The highest BCUT2D eigenvalue weighted by Crippen LogP contribution is 2.38. The Kier molecular flexibility index (Phi) is 5.70. The average Bonchev–Trinajstić information content (AvgIpc) is 2.73. The van der Waals surface area contributed by atoms with Gasteiger partial charge in [0.05, 0.1) is 14.7 Å². The van der Waals surface area contributed by atoms with Crippen molar-refractivity contribution in [3.05, 3.63) is 54.9 Å².